The van der Waals surface area contributed by atoms with E-state index in [0.29, 0.717) is 5.56 Å². The summed E-state index contributed by atoms with van der Waals surface area (Å²) in [6.07, 6.45) is 4.68. The first-order chi connectivity index (χ1) is 7.09. The Morgan fingerprint density at radius 1 is 1.53 bits per heavy atom. The SMILES string of the molecule is CC1(NC(=O)c2cc[nH]c(=O)c2)CCC1. The fraction of sp³-hybridized carbons (Fsp3) is 0.455. The third kappa shape index (κ3) is 2.09. The fourth-order valence-corrected chi connectivity index (χ4v) is 1.76. The number of H-pyrrole nitrogens is 1. The average molecular weight is 206 g/mol. The van der Waals surface area contributed by atoms with Gasteiger partial charge >= 0.3 is 0 Å². The van der Waals surface area contributed by atoms with E-state index in [1.807, 2.05) is 6.92 Å². The van der Waals surface area contributed by atoms with Gasteiger partial charge in [0.25, 0.3) is 5.91 Å². The largest absolute Gasteiger partial charge is 0.347 e. The van der Waals surface area contributed by atoms with Crippen LogP contribution in [0.1, 0.15) is 36.5 Å². The molecule has 15 heavy (non-hydrogen) atoms. The number of aromatic nitrogens is 1. The standard InChI is InChI=1S/C11H14N2O2/c1-11(4-2-5-11)13-10(15)8-3-6-12-9(14)7-8/h3,6-7H,2,4-5H2,1H3,(H,12,14)(H,13,15). The Kier molecular flexibility index (Phi) is 2.34. The zero-order chi connectivity index (χ0) is 10.9. The van der Waals surface area contributed by atoms with Gasteiger partial charge in [-0.05, 0) is 32.3 Å². The van der Waals surface area contributed by atoms with Crippen molar-refractivity contribution in [2.45, 2.75) is 31.7 Å². The molecule has 4 heteroatoms. The van der Waals surface area contributed by atoms with E-state index in [-0.39, 0.29) is 17.0 Å². The molecule has 0 saturated heterocycles. The molecule has 1 heterocycles. The molecule has 0 bridgehead atoms. The van der Waals surface area contributed by atoms with E-state index in [0.717, 1.165) is 19.3 Å². The van der Waals surface area contributed by atoms with Crippen LogP contribution in [0.25, 0.3) is 0 Å². The first kappa shape index (κ1) is 9.96. The molecule has 1 fully saturated rings. The van der Waals surface area contributed by atoms with Crippen LogP contribution in [0.3, 0.4) is 0 Å². The van der Waals surface area contributed by atoms with Crippen molar-refractivity contribution in [3.05, 3.63) is 34.2 Å². The fourth-order valence-electron chi connectivity index (χ4n) is 1.76. The van der Waals surface area contributed by atoms with Gasteiger partial charge in [0, 0.05) is 23.4 Å². The van der Waals surface area contributed by atoms with E-state index in [1.165, 1.54) is 12.3 Å². The van der Waals surface area contributed by atoms with Gasteiger partial charge in [-0.15, -0.1) is 0 Å². The number of carbonyl (C=O) groups excluding carboxylic acids is 1. The van der Waals surface area contributed by atoms with Gasteiger partial charge in [-0.2, -0.15) is 0 Å². The summed E-state index contributed by atoms with van der Waals surface area (Å²) in [5.41, 5.74) is 0.105. The molecule has 1 aromatic heterocycles. The van der Waals surface area contributed by atoms with Gasteiger partial charge in [-0.25, -0.2) is 0 Å². The molecule has 0 unspecified atom stereocenters. The highest BCUT2D eigenvalue weighted by Crippen LogP contribution is 2.31. The third-order valence-corrected chi connectivity index (χ3v) is 2.91. The Labute approximate surface area is 87.7 Å². The monoisotopic (exact) mass is 206 g/mol. The third-order valence-electron chi connectivity index (χ3n) is 2.91. The smallest absolute Gasteiger partial charge is 0.251 e. The maximum Gasteiger partial charge on any atom is 0.251 e. The molecule has 0 spiro atoms. The van der Waals surface area contributed by atoms with Crippen molar-refractivity contribution >= 4 is 5.91 Å². The first-order valence-electron chi connectivity index (χ1n) is 5.10. The Balaban J connectivity index is 2.11. The molecule has 0 aliphatic heterocycles. The zero-order valence-corrected chi connectivity index (χ0v) is 8.67. The Bertz CT molecular complexity index is 432. The van der Waals surface area contributed by atoms with Gasteiger partial charge in [0.2, 0.25) is 5.56 Å². The van der Waals surface area contributed by atoms with Gasteiger partial charge < -0.3 is 10.3 Å². The van der Waals surface area contributed by atoms with Crippen molar-refractivity contribution in [1.82, 2.24) is 10.3 Å². The lowest BCUT2D eigenvalue weighted by Gasteiger charge is -2.39. The van der Waals surface area contributed by atoms with Crippen LogP contribution < -0.4 is 10.9 Å². The van der Waals surface area contributed by atoms with Crippen molar-refractivity contribution < 1.29 is 4.79 Å². The van der Waals surface area contributed by atoms with Crippen LogP contribution >= 0.6 is 0 Å². The summed E-state index contributed by atoms with van der Waals surface area (Å²) in [5.74, 6) is -0.164. The maximum atomic E-state index is 11.7. The maximum absolute atomic E-state index is 11.7. The van der Waals surface area contributed by atoms with Crippen LogP contribution in [-0.4, -0.2) is 16.4 Å². The number of nitrogens with one attached hydrogen (secondary N) is 2. The number of aromatic amines is 1. The number of amides is 1. The number of pyridine rings is 1. The second-order valence-electron chi connectivity index (χ2n) is 4.31. The van der Waals surface area contributed by atoms with Crippen LogP contribution in [0.5, 0.6) is 0 Å². The average Bonchev–Trinajstić information content (AvgIpc) is 2.15. The summed E-state index contributed by atoms with van der Waals surface area (Å²) in [4.78, 5) is 25.2. The van der Waals surface area contributed by atoms with Crippen LogP contribution in [0.4, 0.5) is 0 Å². The Hall–Kier alpha value is -1.58. The number of carbonyl (C=O) groups is 1. The predicted octanol–water partition coefficient (Wildman–Crippen LogP) is 1.05. The molecule has 2 N–H and O–H groups in total. The van der Waals surface area contributed by atoms with Crippen molar-refractivity contribution in [2.24, 2.45) is 0 Å². The Morgan fingerprint density at radius 3 is 2.80 bits per heavy atom. The summed E-state index contributed by atoms with van der Waals surface area (Å²) in [7, 11) is 0. The van der Waals surface area contributed by atoms with Crippen LogP contribution in [0, 0.1) is 0 Å². The summed E-state index contributed by atoms with van der Waals surface area (Å²) in [6.45, 7) is 2.03. The molecule has 0 atom stereocenters. The molecule has 1 saturated carbocycles. The number of rotatable bonds is 2. The van der Waals surface area contributed by atoms with Crippen molar-refractivity contribution in [1.29, 1.82) is 0 Å². The molecule has 4 nitrogen and oxygen atoms in total. The second kappa shape index (κ2) is 3.53. The minimum atomic E-state index is -0.249. The van der Waals surface area contributed by atoms with Crippen molar-refractivity contribution in [3.8, 4) is 0 Å². The molecule has 1 aromatic rings. The molecular formula is C11H14N2O2. The van der Waals surface area contributed by atoms with E-state index in [2.05, 4.69) is 10.3 Å². The van der Waals surface area contributed by atoms with Gasteiger partial charge in [0.1, 0.15) is 0 Å². The molecule has 0 aromatic carbocycles. The molecule has 2 rings (SSSR count). The van der Waals surface area contributed by atoms with E-state index >= 15 is 0 Å². The summed E-state index contributed by atoms with van der Waals surface area (Å²) in [6, 6.07) is 2.93. The lowest BCUT2D eigenvalue weighted by Crippen LogP contribution is -2.51. The van der Waals surface area contributed by atoms with Gasteiger partial charge in [-0.1, -0.05) is 0 Å². The highest BCUT2D eigenvalue weighted by Gasteiger charge is 2.33. The van der Waals surface area contributed by atoms with Gasteiger partial charge in [0.05, 0.1) is 0 Å². The lowest BCUT2D eigenvalue weighted by molar-refractivity contribution is 0.0850. The Morgan fingerprint density at radius 2 is 2.27 bits per heavy atom. The van der Waals surface area contributed by atoms with Crippen LogP contribution in [0.2, 0.25) is 0 Å². The predicted molar refractivity (Wildman–Crippen MR) is 56.8 cm³/mol. The van der Waals surface area contributed by atoms with E-state index in [1.54, 1.807) is 6.07 Å². The molecule has 1 aliphatic carbocycles. The molecule has 80 valence electrons. The summed E-state index contributed by atoms with van der Waals surface area (Å²) in [5, 5.41) is 2.94. The first-order valence-corrected chi connectivity index (χ1v) is 5.10. The van der Waals surface area contributed by atoms with Gasteiger partial charge in [-0.3, -0.25) is 9.59 Å². The lowest BCUT2D eigenvalue weighted by atomic mass is 9.78. The molecule has 1 amide bonds. The van der Waals surface area contributed by atoms with Crippen LogP contribution in [0.15, 0.2) is 23.1 Å². The van der Waals surface area contributed by atoms with E-state index in [4.69, 9.17) is 0 Å². The second-order valence-corrected chi connectivity index (χ2v) is 4.31. The van der Waals surface area contributed by atoms with E-state index in [9.17, 15) is 9.59 Å². The minimum Gasteiger partial charge on any atom is -0.347 e. The molecular weight excluding hydrogens is 192 g/mol. The number of hydrogen-bond donors (Lipinski definition) is 2. The highest BCUT2D eigenvalue weighted by molar-refractivity contribution is 5.94. The van der Waals surface area contributed by atoms with Crippen molar-refractivity contribution in [2.75, 3.05) is 0 Å². The minimum absolute atomic E-state index is 0.0698. The van der Waals surface area contributed by atoms with Crippen molar-refractivity contribution in [3.63, 3.8) is 0 Å². The van der Waals surface area contributed by atoms with E-state index < -0.39 is 0 Å². The summed E-state index contributed by atoms with van der Waals surface area (Å²) < 4.78 is 0. The molecule has 0 radical (unpaired) electrons. The number of hydrogen-bond acceptors (Lipinski definition) is 2. The summed E-state index contributed by atoms with van der Waals surface area (Å²) >= 11 is 0. The van der Waals surface area contributed by atoms with Crippen LogP contribution in [-0.2, 0) is 0 Å². The topological polar surface area (TPSA) is 62.0 Å². The quantitative estimate of drug-likeness (QED) is 0.759. The molecule has 1 aliphatic rings. The highest BCUT2D eigenvalue weighted by atomic mass is 16.2. The van der Waals surface area contributed by atoms with Gasteiger partial charge in [0.15, 0.2) is 0 Å². The normalized spacial score (nSPS) is 17.9. The zero-order valence-electron chi connectivity index (χ0n) is 8.67.